The van der Waals surface area contributed by atoms with Gasteiger partial charge in [-0.05, 0) is 57.5 Å². The van der Waals surface area contributed by atoms with E-state index >= 15 is 0 Å². The SMILES string of the molecule is Cc1nc(N2CCN(S(=O)(=O)c3ccc(OC(F)(F)F)cc3)[C@@H](C(=O)OCc3ccccc3)C2)sc1C(=O)OC(C)(C)C. The van der Waals surface area contributed by atoms with Crippen LogP contribution in [0, 0.1) is 6.92 Å². The van der Waals surface area contributed by atoms with Crippen LogP contribution in [-0.4, -0.2) is 67.3 Å². The monoisotopic (exact) mass is 641 g/mol. The van der Waals surface area contributed by atoms with Crippen molar-refractivity contribution in [2.45, 2.75) is 57.2 Å². The molecule has 0 bridgehead atoms. The van der Waals surface area contributed by atoms with Crippen LogP contribution in [0.4, 0.5) is 18.3 Å². The number of ether oxygens (including phenoxy) is 3. The lowest BCUT2D eigenvalue weighted by molar-refractivity contribution is -0.274. The molecule has 0 unspecified atom stereocenters. The summed E-state index contributed by atoms with van der Waals surface area (Å²) >= 11 is 1.06. The Bertz CT molecular complexity index is 1550. The first-order valence-corrected chi connectivity index (χ1v) is 15.3. The number of thiazole rings is 1. The van der Waals surface area contributed by atoms with Crippen LogP contribution in [0.1, 0.15) is 41.7 Å². The molecule has 0 radical (unpaired) electrons. The van der Waals surface area contributed by atoms with Crippen LogP contribution < -0.4 is 9.64 Å². The van der Waals surface area contributed by atoms with Crippen molar-refractivity contribution in [3.05, 3.63) is 70.7 Å². The maximum atomic E-state index is 13.7. The fourth-order valence-corrected chi connectivity index (χ4v) is 6.76. The molecule has 0 spiro atoms. The summed E-state index contributed by atoms with van der Waals surface area (Å²) in [6.07, 6.45) is -4.94. The Hall–Kier alpha value is -3.69. The quantitative estimate of drug-likeness (QED) is 0.316. The van der Waals surface area contributed by atoms with E-state index in [2.05, 4.69) is 9.72 Å². The minimum absolute atomic E-state index is 0.104. The third kappa shape index (κ3) is 8.24. The second kappa shape index (κ2) is 12.5. The van der Waals surface area contributed by atoms with Gasteiger partial charge in [-0.2, -0.15) is 4.31 Å². The van der Waals surface area contributed by atoms with Gasteiger partial charge in [0.05, 0.1) is 10.6 Å². The zero-order chi connectivity index (χ0) is 31.6. The predicted molar refractivity (Wildman–Crippen MR) is 151 cm³/mol. The molecule has 232 valence electrons. The molecule has 1 aliphatic heterocycles. The molecule has 10 nitrogen and oxygen atoms in total. The van der Waals surface area contributed by atoms with Gasteiger partial charge in [0.2, 0.25) is 10.0 Å². The largest absolute Gasteiger partial charge is 0.573 e. The van der Waals surface area contributed by atoms with Gasteiger partial charge in [0.25, 0.3) is 0 Å². The topological polar surface area (TPSA) is 115 Å². The van der Waals surface area contributed by atoms with Gasteiger partial charge < -0.3 is 19.1 Å². The fraction of sp³-hybridized carbons (Fsp3) is 0.393. The molecule has 15 heteroatoms. The van der Waals surface area contributed by atoms with Crippen molar-refractivity contribution in [1.82, 2.24) is 9.29 Å². The number of rotatable bonds is 8. The molecular weight excluding hydrogens is 611 g/mol. The van der Waals surface area contributed by atoms with Gasteiger partial charge in [0.15, 0.2) is 5.13 Å². The number of esters is 2. The Morgan fingerprint density at radius 3 is 2.28 bits per heavy atom. The van der Waals surface area contributed by atoms with Crippen molar-refractivity contribution in [2.24, 2.45) is 0 Å². The number of benzene rings is 2. The molecule has 0 saturated carbocycles. The molecule has 1 saturated heterocycles. The molecule has 2 heterocycles. The van der Waals surface area contributed by atoms with Crippen LogP contribution in [0.5, 0.6) is 5.75 Å². The second-order valence-corrected chi connectivity index (χ2v) is 13.5. The van der Waals surface area contributed by atoms with Gasteiger partial charge in [-0.1, -0.05) is 41.7 Å². The number of carbonyl (C=O) groups is 2. The number of alkyl halides is 3. The highest BCUT2D eigenvalue weighted by molar-refractivity contribution is 7.89. The van der Waals surface area contributed by atoms with E-state index in [1.807, 2.05) is 0 Å². The molecule has 4 rings (SSSR count). The lowest BCUT2D eigenvalue weighted by Crippen LogP contribution is -2.58. The summed E-state index contributed by atoms with van der Waals surface area (Å²) in [7, 11) is -4.36. The van der Waals surface area contributed by atoms with E-state index in [4.69, 9.17) is 9.47 Å². The van der Waals surface area contributed by atoms with Crippen molar-refractivity contribution < 1.29 is 45.4 Å². The molecule has 0 aliphatic carbocycles. The standard InChI is InChI=1S/C28H30F3N3O7S2/c1-18-23(25(36)41-27(2,3)4)42-26(32-18)33-14-15-34(22(16-33)24(35)39-17-19-8-6-5-7-9-19)43(37,38)21-12-10-20(11-13-21)40-28(29,30)31/h5-13,22H,14-17H2,1-4H3/t22-/m1/s1. The number of hydrogen-bond acceptors (Lipinski definition) is 10. The highest BCUT2D eigenvalue weighted by Gasteiger charge is 2.42. The van der Waals surface area contributed by atoms with Crippen LogP contribution in [0.25, 0.3) is 0 Å². The summed E-state index contributed by atoms with van der Waals surface area (Å²) in [4.78, 5) is 32.2. The molecule has 1 aliphatic rings. The van der Waals surface area contributed by atoms with Crippen molar-refractivity contribution in [2.75, 3.05) is 24.5 Å². The lowest BCUT2D eigenvalue weighted by Gasteiger charge is -2.39. The molecule has 1 fully saturated rings. The minimum atomic E-state index is -4.94. The maximum absolute atomic E-state index is 13.7. The van der Waals surface area contributed by atoms with E-state index in [1.165, 1.54) is 0 Å². The summed E-state index contributed by atoms with van der Waals surface area (Å²) in [5.41, 5.74) is 0.391. The van der Waals surface area contributed by atoms with E-state index in [9.17, 15) is 31.2 Å². The van der Waals surface area contributed by atoms with Crippen molar-refractivity contribution in [3.63, 3.8) is 0 Å². The van der Waals surface area contributed by atoms with Crippen LogP contribution in [0.15, 0.2) is 59.5 Å². The van der Waals surface area contributed by atoms with Gasteiger partial charge in [-0.15, -0.1) is 13.2 Å². The summed E-state index contributed by atoms with van der Waals surface area (Å²) in [6, 6.07) is 11.2. The predicted octanol–water partition coefficient (Wildman–Crippen LogP) is 4.93. The number of aromatic nitrogens is 1. The molecule has 1 aromatic heterocycles. The number of aryl methyl sites for hydroxylation is 1. The van der Waals surface area contributed by atoms with Crippen LogP contribution in [0.2, 0.25) is 0 Å². The van der Waals surface area contributed by atoms with E-state index in [-0.39, 0.29) is 36.0 Å². The number of nitrogens with zero attached hydrogens (tertiary/aromatic N) is 3. The molecule has 43 heavy (non-hydrogen) atoms. The number of sulfonamides is 1. The first-order valence-electron chi connectivity index (χ1n) is 13.1. The number of halogens is 3. The zero-order valence-electron chi connectivity index (χ0n) is 23.8. The third-order valence-electron chi connectivity index (χ3n) is 6.13. The number of carbonyl (C=O) groups excluding carboxylic acids is 2. The average molecular weight is 642 g/mol. The number of anilines is 1. The fourth-order valence-electron chi connectivity index (χ4n) is 4.22. The Labute approximate surface area is 251 Å². The van der Waals surface area contributed by atoms with Crippen LogP contribution >= 0.6 is 11.3 Å². The van der Waals surface area contributed by atoms with Gasteiger partial charge in [0, 0.05) is 19.6 Å². The highest BCUT2D eigenvalue weighted by atomic mass is 32.2. The first-order chi connectivity index (χ1) is 20.0. The average Bonchev–Trinajstić information content (AvgIpc) is 3.32. The first kappa shape index (κ1) is 32.2. The van der Waals surface area contributed by atoms with Crippen molar-refractivity contribution in [1.29, 1.82) is 0 Å². The highest BCUT2D eigenvalue weighted by Crippen LogP contribution is 2.32. The van der Waals surface area contributed by atoms with E-state index in [0.717, 1.165) is 39.9 Å². The molecule has 0 amide bonds. The van der Waals surface area contributed by atoms with E-state index in [1.54, 1.807) is 62.9 Å². The van der Waals surface area contributed by atoms with E-state index in [0.29, 0.717) is 16.4 Å². The molecule has 0 N–H and O–H groups in total. The van der Waals surface area contributed by atoms with E-state index < -0.39 is 45.7 Å². The zero-order valence-corrected chi connectivity index (χ0v) is 25.4. The molecule has 2 aromatic carbocycles. The molecule has 1 atom stereocenters. The minimum Gasteiger partial charge on any atom is -0.460 e. The van der Waals surface area contributed by atoms with Crippen molar-refractivity contribution >= 4 is 38.4 Å². The van der Waals surface area contributed by atoms with Gasteiger partial charge >= 0.3 is 18.3 Å². The third-order valence-corrected chi connectivity index (χ3v) is 9.25. The van der Waals surface area contributed by atoms with Crippen molar-refractivity contribution in [3.8, 4) is 5.75 Å². The summed E-state index contributed by atoms with van der Waals surface area (Å²) in [5, 5.41) is 0.393. The summed E-state index contributed by atoms with van der Waals surface area (Å²) in [6.45, 7) is 6.55. The Morgan fingerprint density at radius 1 is 1.02 bits per heavy atom. The second-order valence-electron chi connectivity index (χ2n) is 10.6. The Balaban J connectivity index is 1.60. The number of piperazine rings is 1. The smallest absolute Gasteiger partial charge is 0.460 e. The summed E-state index contributed by atoms with van der Waals surface area (Å²) in [5.74, 6) is -1.96. The number of hydrogen-bond donors (Lipinski definition) is 0. The summed E-state index contributed by atoms with van der Waals surface area (Å²) < 4.78 is 80.8. The lowest BCUT2D eigenvalue weighted by atomic mass is 10.2. The Kier molecular flexibility index (Phi) is 9.37. The van der Waals surface area contributed by atoms with Gasteiger partial charge in [0.1, 0.15) is 28.9 Å². The normalized spacial score (nSPS) is 16.5. The maximum Gasteiger partial charge on any atom is 0.573 e. The van der Waals surface area contributed by atoms with Crippen LogP contribution in [-0.2, 0) is 30.9 Å². The molecular formula is C28H30F3N3O7S2. The molecule has 3 aromatic rings. The van der Waals surface area contributed by atoms with Gasteiger partial charge in [-0.3, -0.25) is 4.79 Å². The van der Waals surface area contributed by atoms with Gasteiger partial charge in [-0.25, -0.2) is 18.2 Å². The Morgan fingerprint density at radius 2 is 1.67 bits per heavy atom. The van der Waals surface area contributed by atoms with Crippen LogP contribution in [0.3, 0.4) is 0 Å².